The minimum Gasteiger partial charge on any atom is -0.381 e. The summed E-state index contributed by atoms with van der Waals surface area (Å²) in [5.74, 6) is -0.428. The number of halogens is 3. The number of allylic oxidation sites excluding steroid dienone is 6. The number of alkyl halides is 3. The highest BCUT2D eigenvalue weighted by molar-refractivity contribution is 6.06. The van der Waals surface area contributed by atoms with E-state index in [2.05, 4.69) is 0 Å². The van der Waals surface area contributed by atoms with Crippen molar-refractivity contribution in [3.8, 4) is 0 Å². The Balaban J connectivity index is 4.72. The lowest BCUT2D eigenvalue weighted by atomic mass is 10.1. The third-order valence-electron chi connectivity index (χ3n) is 2.28. The molecule has 0 unspecified atom stereocenters. The first-order valence-electron chi connectivity index (χ1n) is 5.47. The van der Waals surface area contributed by atoms with Crippen LogP contribution in [0.4, 0.5) is 13.2 Å². The first-order chi connectivity index (χ1) is 8.17. The van der Waals surface area contributed by atoms with E-state index in [9.17, 15) is 18.0 Å². The average molecular weight is 261 g/mol. The van der Waals surface area contributed by atoms with E-state index in [0.29, 0.717) is 5.57 Å². The summed E-state index contributed by atoms with van der Waals surface area (Å²) in [6.45, 7) is 3.49. The molecule has 0 saturated heterocycles. The molecule has 0 aromatic heterocycles. The maximum Gasteiger partial charge on any atom is 0.392 e. The number of ketones is 1. The van der Waals surface area contributed by atoms with Gasteiger partial charge in [0.2, 0.25) is 0 Å². The fraction of sp³-hybridized carbons (Fsp3) is 0.462. The van der Waals surface area contributed by atoms with Crippen LogP contribution in [0.15, 0.2) is 35.6 Å². The van der Waals surface area contributed by atoms with Gasteiger partial charge in [-0.25, -0.2) is 0 Å². The maximum atomic E-state index is 11.9. The van der Waals surface area contributed by atoms with Crippen LogP contribution in [0.1, 0.15) is 20.3 Å². The zero-order valence-electron chi connectivity index (χ0n) is 11.0. The number of carbonyl (C=O) groups is 1. The molecule has 0 heterocycles. The first kappa shape index (κ1) is 16.5. The highest BCUT2D eigenvalue weighted by atomic mass is 19.4. The largest absolute Gasteiger partial charge is 0.392 e. The number of rotatable bonds is 5. The predicted octanol–water partition coefficient (Wildman–Crippen LogP) is 3.48. The fourth-order valence-corrected chi connectivity index (χ4v) is 1.05. The molecule has 0 aliphatic carbocycles. The molecule has 0 aromatic rings. The van der Waals surface area contributed by atoms with Crippen LogP contribution in [0, 0.1) is 0 Å². The summed E-state index contributed by atoms with van der Waals surface area (Å²) in [4.78, 5) is 13.4. The van der Waals surface area contributed by atoms with Gasteiger partial charge in [0, 0.05) is 25.4 Å². The molecule has 0 saturated carbocycles. The van der Waals surface area contributed by atoms with E-state index in [-0.39, 0.29) is 0 Å². The number of carbonyl (C=O) groups excluding carboxylic acids is 1. The SMILES string of the molecule is C/C=C(\C=C(\C)N(C)C)C(=O)/C=C/CC(F)(F)F. The summed E-state index contributed by atoms with van der Waals surface area (Å²) in [5, 5.41) is 0. The minimum atomic E-state index is -4.28. The van der Waals surface area contributed by atoms with Crippen LogP contribution >= 0.6 is 0 Å². The summed E-state index contributed by atoms with van der Waals surface area (Å²) in [7, 11) is 3.65. The molecule has 0 bridgehead atoms. The van der Waals surface area contributed by atoms with Crippen LogP contribution in [-0.4, -0.2) is 31.0 Å². The second-order valence-electron chi connectivity index (χ2n) is 4.01. The zero-order valence-corrected chi connectivity index (χ0v) is 11.0. The molecule has 5 heteroatoms. The molecule has 2 nitrogen and oxygen atoms in total. The molecule has 0 fully saturated rings. The molecular formula is C13H18F3NO. The molecular weight excluding hydrogens is 243 g/mol. The van der Waals surface area contributed by atoms with Crippen LogP contribution in [0.3, 0.4) is 0 Å². The van der Waals surface area contributed by atoms with Gasteiger partial charge in [0.05, 0.1) is 6.42 Å². The second kappa shape index (κ2) is 7.03. The minimum absolute atomic E-state index is 0.375. The molecule has 0 aliphatic heterocycles. The number of hydrogen-bond acceptors (Lipinski definition) is 2. The lowest BCUT2D eigenvalue weighted by Crippen LogP contribution is -2.09. The van der Waals surface area contributed by atoms with Gasteiger partial charge in [-0.15, -0.1) is 0 Å². The molecule has 0 spiro atoms. The molecule has 0 rings (SSSR count). The highest BCUT2D eigenvalue weighted by Gasteiger charge is 2.24. The van der Waals surface area contributed by atoms with Crippen LogP contribution < -0.4 is 0 Å². The quantitative estimate of drug-likeness (QED) is 0.558. The smallest absolute Gasteiger partial charge is 0.381 e. The van der Waals surface area contributed by atoms with E-state index in [0.717, 1.165) is 17.8 Å². The molecule has 18 heavy (non-hydrogen) atoms. The van der Waals surface area contributed by atoms with Crippen LogP contribution in [-0.2, 0) is 4.79 Å². The van der Waals surface area contributed by atoms with E-state index in [4.69, 9.17) is 0 Å². The Morgan fingerprint density at radius 2 is 1.83 bits per heavy atom. The van der Waals surface area contributed by atoms with Crippen molar-refractivity contribution in [3.05, 3.63) is 35.6 Å². The first-order valence-corrected chi connectivity index (χ1v) is 5.47. The average Bonchev–Trinajstić information content (AvgIpc) is 2.23. The van der Waals surface area contributed by atoms with Crippen molar-refractivity contribution in [2.24, 2.45) is 0 Å². The van der Waals surface area contributed by atoms with E-state index in [1.54, 1.807) is 19.1 Å². The van der Waals surface area contributed by atoms with Crippen molar-refractivity contribution in [2.45, 2.75) is 26.4 Å². The van der Waals surface area contributed by atoms with Crippen molar-refractivity contribution < 1.29 is 18.0 Å². The lowest BCUT2D eigenvalue weighted by Gasteiger charge is -2.12. The lowest BCUT2D eigenvalue weighted by molar-refractivity contribution is -0.125. The Labute approximate surface area is 105 Å². The number of nitrogens with zero attached hydrogens (tertiary/aromatic N) is 1. The third kappa shape index (κ3) is 6.93. The van der Waals surface area contributed by atoms with Gasteiger partial charge in [-0.3, -0.25) is 4.79 Å². The Bertz CT molecular complexity index is 376. The summed E-state index contributed by atoms with van der Waals surface area (Å²) < 4.78 is 35.7. The summed E-state index contributed by atoms with van der Waals surface area (Å²) in [6.07, 6.45) is -0.352. The monoisotopic (exact) mass is 261 g/mol. The van der Waals surface area contributed by atoms with Gasteiger partial charge in [0.15, 0.2) is 5.78 Å². The normalized spacial score (nSPS) is 14.2. The van der Waals surface area contributed by atoms with E-state index < -0.39 is 18.4 Å². The summed E-state index contributed by atoms with van der Waals surface area (Å²) in [6, 6.07) is 0. The zero-order chi connectivity index (χ0) is 14.3. The van der Waals surface area contributed by atoms with Gasteiger partial charge in [0.25, 0.3) is 0 Å². The van der Waals surface area contributed by atoms with Crippen molar-refractivity contribution in [1.82, 2.24) is 4.90 Å². The van der Waals surface area contributed by atoms with Crippen molar-refractivity contribution in [3.63, 3.8) is 0 Å². The summed E-state index contributed by atoms with van der Waals surface area (Å²) >= 11 is 0. The second-order valence-corrected chi connectivity index (χ2v) is 4.01. The molecule has 102 valence electrons. The van der Waals surface area contributed by atoms with Crippen LogP contribution in [0.2, 0.25) is 0 Å². The van der Waals surface area contributed by atoms with Gasteiger partial charge in [0.1, 0.15) is 0 Å². The molecule has 0 aromatic carbocycles. The summed E-state index contributed by atoms with van der Waals surface area (Å²) in [5.41, 5.74) is 1.22. The standard InChI is InChI=1S/C13H18F3NO/c1-5-11(9-10(2)17(3)4)12(18)7-6-8-13(14,15)16/h5-7,9H,8H2,1-4H3/b7-6+,10-9-,11-5+. The van der Waals surface area contributed by atoms with E-state index in [1.807, 2.05) is 25.9 Å². The Hall–Kier alpha value is -1.52. The maximum absolute atomic E-state index is 11.9. The van der Waals surface area contributed by atoms with Crippen molar-refractivity contribution in [2.75, 3.05) is 14.1 Å². The third-order valence-corrected chi connectivity index (χ3v) is 2.28. The van der Waals surface area contributed by atoms with Gasteiger partial charge in [-0.1, -0.05) is 12.2 Å². The topological polar surface area (TPSA) is 20.3 Å². The van der Waals surface area contributed by atoms with Gasteiger partial charge < -0.3 is 4.90 Å². The fourth-order valence-electron chi connectivity index (χ4n) is 1.05. The number of hydrogen-bond donors (Lipinski definition) is 0. The molecule has 0 amide bonds. The Kier molecular flexibility index (Phi) is 6.44. The molecule has 0 N–H and O–H groups in total. The van der Waals surface area contributed by atoms with Crippen molar-refractivity contribution >= 4 is 5.78 Å². The Morgan fingerprint density at radius 3 is 2.22 bits per heavy atom. The van der Waals surface area contributed by atoms with Gasteiger partial charge in [-0.05, 0) is 26.0 Å². The van der Waals surface area contributed by atoms with Crippen molar-refractivity contribution in [1.29, 1.82) is 0 Å². The Morgan fingerprint density at radius 1 is 1.28 bits per heavy atom. The van der Waals surface area contributed by atoms with Crippen LogP contribution in [0.5, 0.6) is 0 Å². The highest BCUT2D eigenvalue weighted by Crippen LogP contribution is 2.19. The van der Waals surface area contributed by atoms with Gasteiger partial charge >= 0.3 is 6.18 Å². The van der Waals surface area contributed by atoms with Crippen LogP contribution in [0.25, 0.3) is 0 Å². The van der Waals surface area contributed by atoms with E-state index >= 15 is 0 Å². The van der Waals surface area contributed by atoms with E-state index in [1.165, 1.54) is 0 Å². The molecule has 0 atom stereocenters. The predicted molar refractivity (Wildman–Crippen MR) is 66.0 cm³/mol. The molecule has 0 aliphatic rings. The molecule has 0 radical (unpaired) electrons. The van der Waals surface area contributed by atoms with Gasteiger partial charge in [-0.2, -0.15) is 13.2 Å².